The van der Waals surface area contributed by atoms with E-state index in [9.17, 15) is 9.59 Å². The van der Waals surface area contributed by atoms with E-state index in [1.54, 1.807) is 6.08 Å². The number of benzene rings is 1. The zero-order chi connectivity index (χ0) is 13.4. The molecule has 2 amide bonds. The molecule has 0 bridgehead atoms. The van der Waals surface area contributed by atoms with Crippen molar-refractivity contribution in [1.82, 2.24) is 5.32 Å². The summed E-state index contributed by atoms with van der Waals surface area (Å²) in [5, 5.41) is 2.60. The van der Waals surface area contributed by atoms with Crippen molar-refractivity contribution in [2.24, 2.45) is 5.73 Å². The first kappa shape index (κ1) is 14.0. The minimum absolute atomic E-state index is 0.176. The van der Waals surface area contributed by atoms with E-state index in [4.69, 9.17) is 5.73 Å². The highest BCUT2D eigenvalue weighted by Gasteiger charge is 2.15. The lowest BCUT2D eigenvalue weighted by Crippen LogP contribution is -2.44. The second-order valence-electron chi connectivity index (χ2n) is 4.03. The molecule has 0 aliphatic heterocycles. The second-order valence-corrected chi connectivity index (χ2v) is 4.03. The van der Waals surface area contributed by atoms with Gasteiger partial charge in [0.25, 0.3) is 0 Å². The van der Waals surface area contributed by atoms with Gasteiger partial charge in [-0.05, 0) is 18.4 Å². The molecule has 1 rings (SSSR count). The smallest absolute Gasteiger partial charge is 0.240 e. The molecule has 3 N–H and O–H groups in total. The molecular weight excluding hydrogens is 228 g/mol. The highest BCUT2D eigenvalue weighted by molar-refractivity contribution is 5.86. The fourth-order valence-corrected chi connectivity index (χ4v) is 1.58. The van der Waals surface area contributed by atoms with E-state index in [0.29, 0.717) is 19.3 Å². The van der Waals surface area contributed by atoms with Crippen molar-refractivity contribution in [1.29, 1.82) is 0 Å². The topological polar surface area (TPSA) is 72.2 Å². The number of amides is 2. The first-order valence-corrected chi connectivity index (χ1v) is 5.87. The van der Waals surface area contributed by atoms with Crippen LogP contribution in [0.5, 0.6) is 0 Å². The predicted octanol–water partition coefficient (Wildman–Crippen LogP) is 1.17. The Bertz CT molecular complexity index is 415. The lowest BCUT2D eigenvalue weighted by molar-refractivity contribution is -0.127. The molecule has 0 heterocycles. The normalized spacial score (nSPS) is 11.6. The van der Waals surface area contributed by atoms with Crippen molar-refractivity contribution in [2.75, 3.05) is 0 Å². The molecule has 0 saturated carbocycles. The molecule has 4 nitrogen and oxygen atoms in total. The van der Waals surface area contributed by atoms with Gasteiger partial charge in [-0.1, -0.05) is 36.4 Å². The fourth-order valence-electron chi connectivity index (χ4n) is 1.58. The molecule has 1 aromatic carbocycles. The second kappa shape index (κ2) is 7.27. The van der Waals surface area contributed by atoms with Gasteiger partial charge in [0.1, 0.15) is 6.04 Å². The Morgan fingerprint density at radius 1 is 1.33 bits per heavy atom. The highest BCUT2D eigenvalue weighted by atomic mass is 16.2. The summed E-state index contributed by atoms with van der Waals surface area (Å²) >= 11 is 0. The van der Waals surface area contributed by atoms with Gasteiger partial charge in [-0.3, -0.25) is 9.59 Å². The average Bonchev–Trinajstić information content (AvgIpc) is 2.37. The quantitative estimate of drug-likeness (QED) is 0.709. The van der Waals surface area contributed by atoms with Gasteiger partial charge in [0.05, 0.1) is 0 Å². The summed E-state index contributed by atoms with van der Waals surface area (Å²) in [5.41, 5.74) is 6.27. The molecule has 0 aromatic heterocycles. The average molecular weight is 246 g/mol. The third kappa shape index (κ3) is 4.82. The Hall–Kier alpha value is -2.10. The summed E-state index contributed by atoms with van der Waals surface area (Å²) < 4.78 is 0. The highest BCUT2D eigenvalue weighted by Crippen LogP contribution is 2.02. The van der Waals surface area contributed by atoms with E-state index in [0.717, 1.165) is 5.56 Å². The van der Waals surface area contributed by atoms with Gasteiger partial charge in [-0.25, -0.2) is 0 Å². The summed E-state index contributed by atoms with van der Waals surface area (Å²) in [7, 11) is 0. The number of rotatable bonds is 7. The van der Waals surface area contributed by atoms with Gasteiger partial charge in [-0.15, -0.1) is 6.58 Å². The SMILES string of the molecule is C=CC[C@@H](NC(=O)CCc1ccccc1)C(N)=O. The van der Waals surface area contributed by atoms with Crippen LogP contribution in [-0.4, -0.2) is 17.9 Å². The summed E-state index contributed by atoms with van der Waals surface area (Å²) in [6.45, 7) is 3.52. The lowest BCUT2D eigenvalue weighted by Gasteiger charge is -2.13. The van der Waals surface area contributed by atoms with Crippen molar-refractivity contribution in [3.05, 3.63) is 48.6 Å². The van der Waals surface area contributed by atoms with E-state index in [2.05, 4.69) is 11.9 Å². The van der Waals surface area contributed by atoms with Crippen molar-refractivity contribution in [2.45, 2.75) is 25.3 Å². The summed E-state index contributed by atoms with van der Waals surface area (Å²) in [4.78, 5) is 22.7. The van der Waals surface area contributed by atoms with Gasteiger partial charge in [-0.2, -0.15) is 0 Å². The fraction of sp³-hybridized carbons (Fsp3) is 0.286. The van der Waals surface area contributed by atoms with Crippen LogP contribution in [0.1, 0.15) is 18.4 Å². The number of primary amides is 1. The number of nitrogens with one attached hydrogen (secondary N) is 1. The van der Waals surface area contributed by atoms with Gasteiger partial charge >= 0.3 is 0 Å². The van der Waals surface area contributed by atoms with Crippen molar-refractivity contribution < 1.29 is 9.59 Å². The van der Waals surface area contributed by atoms with E-state index in [1.807, 2.05) is 30.3 Å². The monoisotopic (exact) mass is 246 g/mol. The zero-order valence-electron chi connectivity index (χ0n) is 10.3. The number of hydrogen-bond donors (Lipinski definition) is 2. The number of nitrogens with two attached hydrogens (primary N) is 1. The lowest BCUT2D eigenvalue weighted by atomic mass is 10.1. The van der Waals surface area contributed by atoms with Crippen molar-refractivity contribution in [3.63, 3.8) is 0 Å². The number of carbonyl (C=O) groups is 2. The van der Waals surface area contributed by atoms with Crippen molar-refractivity contribution >= 4 is 11.8 Å². The van der Waals surface area contributed by atoms with Crippen LogP contribution in [0.4, 0.5) is 0 Å². The molecule has 4 heteroatoms. The third-order valence-corrected chi connectivity index (χ3v) is 2.56. The number of hydrogen-bond acceptors (Lipinski definition) is 2. The molecule has 1 aromatic rings. The van der Waals surface area contributed by atoms with Crippen LogP contribution < -0.4 is 11.1 Å². The summed E-state index contributed by atoms with van der Waals surface area (Å²) in [5.74, 6) is -0.715. The zero-order valence-corrected chi connectivity index (χ0v) is 10.3. The first-order chi connectivity index (χ1) is 8.63. The molecule has 96 valence electrons. The van der Waals surface area contributed by atoms with Crippen LogP contribution >= 0.6 is 0 Å². The Balaban J connectivity index is 2.41. The predicted molar refractivity (Wildman–Crippen MR) is 70.7 cm³/mol. The van der Waals surface area contributed by atoms with E-state index in [-0.39, 0.29) is 5.91 Å². The molecule has 0 spiro atoms. The van der Waals surface area contributed by atoms with Crippen LogP contribution in [0, 0.1) is 0 Å². The molecule has 0 radical (unpaired) electrons. The van der Waals surface area contributed by atoms with Gasteiger partial charge in [0, 0.05) is 6.42 Å². The van der Waals surface area contributed by atoms with Crippen LogP contribution in [0.3, 0.4) is 0 Å². The minimum Gasteiger partial charge on any atom is -0.368 e. The van der Waals surface area contributed by atoms with Gasteiger partial charge in [0.15, 0.2) is 0 Å². The Morgan fingerprint density at radius 2 is 2.00 bits per heavy atom. The van der Waals surface area contributed by atoms with Gasteiger partial charge < -0.3 is 11.1 Å². The van der Waals surface area contributed by atoms with E-state index < -0.39 is 11.9 Å². The molecular formula is C14H18N2O2. The van der Waals surface area contributed by atoms with E-state index in [1.165, 1.54) is 0 Å². The Kier molecular flexibility index (Phi) is 5.64. The Morgan fingerprint density at radius 3 is 2.56 bits per heavy atom. The van der Waals surface area contributed by atoms with Crippen LogP contribution in [0.2, 0.25) is 0 Å². The molecule has 0 unspecified atom stereocenters. The van der Waals surface area contributed by atoms with Gasteiger partial charge in [0.2, 0.25) is 11.8 Å². The van der Waals surface area contributed by atoms with Crippen LogP contribution in [-0.2, 0) is 16.0 Å². The largest absolute Gasteiger partial charge is 0.368 e. The van der Waals surface area contributed by atoms with E-state index >= 15 is 0 Å². The third-order valence-electron chi connectivity index (χ3n) is 2.56. The maximum absolute atomic E-state index is 11.7. The molecule has 1 atom stereocenters. The molecule has 0 aliphatic rings. The maximum atomic E-state index is 11.7. The van der Waals surface area contributed by atoms with Crippen LogP contribution in [0.15, 0.2) is 43.0 Å². The number of aryl methyl sites for hydroxylation is 1. The van der Waals surface area contributed by atoms with Crippen molar-refractivity contribution in [3.8, 4) is 0 Å². The minimum atomic E-state index is -0.661. The Labute approximate surface area is 107 Å². The molecule has 0 saturated heterocycles. The van der Waals surface area contributed by atoms with Crippen LogP contribution in [0.25, 0.3) is 0 Å². The number of carbonyl (C=O) groups excluding carboxylic acids is 2. The summed E-state index contributed by atoms with van der Waals surface area (Å²) in [6.07, 6.45) is 2.90. The molecule has 18 heavy (non-hydrogen) atoms. The first-order valence-electron chi connectivity index (χ1n) is 5.87. The maximum Gasteiger partial charge on any atom is 0.240 e. The molecule has 0 fully saturated rings. The molecule has 0 aliphatic carbocycles. The summed E-state index contributed by atoms with van der Waals surface area (Å²) in [6, 6.07) is 9.04. The standard InChI is InChI=1S/C14H18N2O2/c1-2-6-12(14(15)18)16-13(17)10-9-11-7-4-3-5-8-11/h2-5,7-8,12H,1,6,9-10H2,(H2,15,18)(H,16,17)/t12-/m1/s1.